The molecule has 452 valence electrons. The molecule has 0 bridgehead atoms. The molecule has 0 spiro atoms. The summed E-state index contributed by atoms with van der Waals surface area (Å²) < 4.78 is 37.6. The molecule has 0 amide bonds. The molecule has 0 atom stereocenters. The van der Waals surface area contributed by atoms with Crippen LogP contribution in [0.4, 0.5) is 0 Å². The van der Waals surface area contributed by atoms with Crippen molar-refractivity contribution in [3.8, 4) is 103 Å². The first-order valence-electron chi connectivity index (χ1n) is 28.8. The molecule has 6 aliphatic rings. The number of aliphatic hydroxyl groups excluding tert-OH is 1. The van der Waals surface area contributed by atoms with Gasteiger partial charge in [0, 0.05) is 140 Å². The van der Waals surface area contributed by atoms with E-state index in [0.29, 0.717) is 11.5 Å². The summed E-state index contributed by atoms with van der Waals surface area (Å²) in [6.07, 6.45) is 7.50. The molecule has 6 aliphatic heterocycles. The average molecular weight is 1910 g/mol. The van der Waals surface area contributed by atoms with Crippen molar-refractivity contribution >= 4 is 75.1 Å². The molecular weight excluding hydrogens is 1860 g/mol. The van der Waals surface area contributed by atoms with Gasteiger partial charge >= 0.3 is 17.6 Å². The van der Waals surface area contributed by atoms with Crippen molar-refractivity contribution in [2.24, 2.45) is 0 Å². The zero-order valence-corrected chi connectivity index (χ0v) is 58.4. The SMILES string of the molecule is CC(=O)[C+]=C(C)O.[Ir].[Ir].[Ir].[Ir].[c-]1c(-c2ccccn2)cc2c3c1Oc1ccccc1B3c1ccccc1O2.[c-]1c(-c2ccccn2)cc2c3c1Oc1ccccc1B3c1ccccc1O2.c1ccc(-c2cc3c4c(c2)Oc2ccccc2B4c2ccccc2O3)nc1. The van der Waals surface area contributed by atoms with E-state index in [0.717, 1.165) is 130 Å². The van der Waals surface area contributed by atoms with Gasteiger partial charge in [0.05, 0.1) is 12.6 Å². The molecule has 9 aromatic carbocycles. The molecular formula is C74H47B3Ir4N3O8-. The molecule has 11 nitrogen and oxygen atoms in total. The molecule has 0 saturated carbocycles. The van der Waals surface area contributed by atoms with Crippen LogP contribution in [0.3, 0.4) is 0 Å². The van der Waals surface area contributed by atoms with Crippen LogP contribution in [0.1, 0.15) is 13.8 Å². The zero-order chi connectivity index (χ0) is 59.2. The molecule has 1 N–H and O–H groups in total. The van der Waals surface area contributed by atoms with Crippen LogP contribution >= 0.6 is 0 Å². The maximum atomic E-state index is 9.96. The van der Waals surface area contributed by atoms with E-state index in [1.807, 2.05) is 140 Å². The van der Waals surface area contributed by atoms with Gasteiger partial charge in [-0.3, -0.25) is 4.98 Å². The predicted octanol–water partition coefficient (Wildman–Crippen LogP) is 10.9. The van der Waals surface area contributed by atoms with E-state index in [-0.39, 0.29) is 112 Å². The number of rotatable bonds is 4. The van der Waals surface area contributed by atoms with Crippen molar-refractivity contribution in [1.29, 1.82) is 0 Å². The second kappa shape index (κ2) is 27.9. The van der Waals surface area contributed by atoms with Gasteiger partial charge in [0.25, 0.3) is 6.71 Å². The first-order chi connectivity index (χ1) is 43.3. The number of carbonyl (C=O) groups is 1. The normalized spacial score (nSPS) is 12.2. The fourth-order valence-electron chi connectivity index (χ4n) is 12.3. The smallest absolute Gasteiger partial charge is 0.392 e. The number of aromatic nitrogens is 3. The number of nitrogens with zero attached hydrogens (tertiary/aromatic N) is 3. The Kier molecular flexibility index (Phi) is 19.6. The topological polar surface area (TPSA) is 131 Å². The molecule has 3 aromatic heterocycles. The van der Waals surface area contributed by atoms with Crippen LogP contribution in [0, 0.1) is 18.2 Å². The van der Waals surface area contributed by atoms with Crippen LogP contribution in [0.5, 0.6) is 69.0 Å². The molecule has 0 saturated heterocycles. The van der Waals surface area contributed by atoms with Crippen molar-refractivity contribution in [3.05, 3.63) is 267 Å². The van der Waals surface area contributed by atoms with Crippen LogP contribution in [0.25, 0.3) is 33.8 Å². The van der Waals surface area contributed by atoms with Crippen LogP contribution in [-0.2, 0) is 85.2 Å². The predicted molar refractivity (Wildman–Crippen MR) is 345 cm³/mol. The Bertz CT molecular complexity index is 4100. The Hall–Kier alpha value is -8.86. The summed E-state index contributed by atoms with van der Waals surface area (Å²) >= 11 is 0. The van der Waals surface area contributed by atoms with E-state index in [4.69, 9.17) is 33.5 Å². The van der Waals surface area contributed by atoms with E-state index >= 15 is 0 Å². The number of allylic oxidation sites excluding steroid dienone is 2. The summed E-state index contributed by atoms with van der Waals surface area (Å²) in [7, 11) is 0. The largest absolute Gasteiger partial charge is 0.478 e. The Labute approximate surface area is 587 Å². The first kappa shape index (κ1) is 64.7. The van der Waals surface area contributed by atoms with E-state index in [1.54, 1.807) is 18.6 Å². The number of para-hydroxylation sites is 6. The minimum atomic E-state index is -0.250. The molecule has 12 aromatic rings. The average Bonchev–Trinajstić information content (AvgIpc) is 0.747. The fourth-order valence-corrected chi connectivity index (χ4v) is 12.3. The summed E-state index contributed by atoms with van der Waals surface area (Å²) in [5.74, 6) is 9.71. The van der Waals surface area contributed by atoms with Crippen LogP contribution in [-0.4, -0.2) is 46.0 Å². The zero-order valence-electron chi connectivity index (χ0n) is 48.8. The van der Waals surface area contributed by atoms with E-state index < -0.39 is 0 Å². The summed E-state index contributed by atoms with van der Waals surface area (Å²) in [6.45, 7) is 3.02. The summed E-state index contributed by atoms with van der Waals surface area (Å²) in [6, 6.07) is 81.9. The van der Waals surface area contributed by atoms with Gasteiger partial charge in [-0.05, 0) is 117 Å². The van der Waals surface area contributed by atoms with Gasteiger partial charge in [-0.1, -0.05) is 163 Å². The number of pyridine rings is 3. The molecule has 0 unspecified atom stereocenters. The Morgan fingerprint density at radius 3 is 0.935 bits per heavy atom. The van der Waals surface area contributed by atoms with Gasteiger partial charge in [-0.15, -0.1) is 23.3 Å². The third-order valence-electron chi connectivity index (χ3n) is 15.9. The third kappa shape index (κ3) is 12.4. The van der Waals surface area contributed by atoms with Gasteiger partial charge < -0.3 is 43.5 Å². The fraction of sp³-hybridized carbons (Fsp3) is 0.0270. The number of Topliss-reactive ketones (excluding diaryl/α,β-unsaturated/α-hetero) is 1. The van der Waals surface area contributed by atoms with Gasteiger partial charge in [-0.25, -0.2) is 4.79 Å². The van der Waals surface area contributed by atoms with Gasteiger partial charge in [0.1, 0.15) is 46.0 Å². The number of aliphatic hydroxyl groups is 1. The number of hydrogen-bond acceptors (Lipinski definition) is 11. The molecule has 18 rings (SSSR count). The monoisotopic (exact) mass is 1910 g/mol. The van der Waals surface area contributed by atoms with E-state index in [1.165, 1.54) is 24.8 Å². The minimum Gasteiger partial charge on any atom is -0.478 e. The Morgan fingerprint density at radius 2 is 0.641 bits per heavy atom. The molecule has 0 fully saturated rings. The maximum absolute atomic E-state index is 9.96. The van der Waals surface area contributed by atoms with Crippen LogP contribution in [0.15, 0.2) is 249 Å². The second-order valence-corrected chi connectivity index (χ2v) is 21.5. The Balaban J connectivity index is 0.000000132. The summed E-state index contributed by atoms with van der Waals surface area (Å²) in [5.41, 5.74) is 15.4. The van der Waals surface area contributed by atoms with Gasteiger partial charge in [-0.2, -0.15) is 0 Å². The quantitative estimate of drug-likeness (QED) is 0.0782. The molecule has 9 heterocycles. The molecule has 18 heteroatoms. The number of fused-ring (bicyclic) bond motifs is 12. The van der Waals surface area contributed by atoms with Crippen molar-refractivity contribution in [3.63, 3.8) is 0 Å². The van der Waals surface area contributed by atoms with E-state index in [2.05, 4.69) is 118 Å². The molecule has 4 radical (unpaired) electrons. The number of ether oxygens (including phenoxy) is 6. The first-order valence-corrected chi connectivity index (χ1v) is 28.8. The number of ketones is 1. The Morgan fingerprint density at radius 1 is 0.359 bits per heavy atom. The summed E-state index contributed by atoms with van der Waals surface area (Å²) in [4.78, 5) is 23.4. The molecule has 92 heavy (non-hydrogen) atoms. The maximum Gasteiger partial charge on any atom is 0.392 e. The second-order valence-electron chi connectivity index (χ2n) is 21.5. The van der Waals surface area contributed by atoms with Crippen molar-refractivity contribution in [1.82, 2.24) is 15.0 Å². The number of carbonyl (C=O) groups excluding carboxylic acids is 1. The van der Waals surface area contributed by atoms with Crippen LogP contribution in [0.2, 0.25) is 0 Å². The van der Waals surface area contributed by atoms with Gasteiger partial charge in [0.15, 0.2) is 0 Å². The third-order valence-corrected chi connectivity index (χ3v) is 15.9. The molecule has 0 aliphatic carbocycles. The van der Waals surface area contributed by atoms with Gasteiger partial charge in [0.2, 0.25) is 13.4 Å². The standard InChI is InChI=1S/C23H14BNO2.2C23H13BNO2.C5H6O2.4Ir/c3*1-3-10-19-16(7-1)24-17-8-2-4-11-20(17)27-22-14-15(13-21(26-19)23(22)24)18-9-5-6-12-25-18;1-4(6)3-5(2)7;;;;/h1-14H;2*1-13H;1-2H3;;;;/q;2*-1;;;;;/p+1. The van der Waals surface area contributed by atoms with Crippen molar-refractivity contribution < 1.29 is 119 Å². The summed E-state index contributed by atoms with van der Waals surface area (Å²) in [5, 5.41) is 8.31. The minimum absolute atomic E-state index is 0. The number of hydrogen-bond donors (Lipinski definition) is 1. The van der Waals surface area contributed by atoms with Crippen molar-refractivity contribution in [2.45, 2.75) is 13.8 Å². The van der Waals surface area contributed by atoms with Crippen LogP contribution < -0.4 is 77.6 Å². The number of benzene rings is 9. The van der Waals surface area contributed by atoms with Crippen molar-refractivity contribution in [2.75, 3.05) is 0 Å². The van der Waals surface area contributed by atoms with E-state index in [9.17, 15) is 4.79 Å².